The van der Waals surface area contributed by atoms with Crippen LogP contribution < -0.4 is 10.4 Å². The predicted octanol–water partition coefficient (Wildman–Crippen LogP) is 2.52. The number of benzene rings is 1. The van der Waals surface area contributed by atoms with E-state index in [0.717, 1.165) is 10.9 Å². The highest BCUT2D eigenvalue weighted by molar-refractivity contribution is 5.81. The molecule has 0 fully saturated rings. The molecule has 0 unspecified atom stereocenters. The number of rotatable bonds is 5. The number of aromatic nitrogens is 1. The number of hydrogen-bond donors (Lipinski definition) is 0. The van der Waals surface area contributed by atoms with E-state index >= 15 is 0 Å². The Morgan fingerprint density at radius 3 is 2.79 bits per heavy atom. The number of hydrogen-bond acceptors (Lipinski definition) is 7. The van der Waals surface area contributed by atoms with Gasteiger partial charge in [-0.05, 0) is 31.5 Å². The highest BCUT2D eigenvalue weighted by atomic mass is 16.6. The van der Waals surface area contributed by atoms with Crippen LogP contribution in [0.5, 0.6) is 5.75 Å². The van der Waals surface area contributed by atoms with E-state index < -0.39 is 11.6 Å². The maximum Gasteiger partial charge on any atom is 0.344 e. The van der Waals surface area contributed by atoms with E-state index in [0.29, 0.717) is 22.8 Å². The molecule has 0 saturated heterocycles. The second-order valence-electron chi connectivity index (χ2n) is 5.29. The van der Waals surface area contributed by atoms with Gasteiger partial charge in [0, 0.05) is 23.6 Å². The number of fused-ring (bicyclic) bond motifs is 1. The van der Waals surface area contributed by atoms with E-state index in [-0.39, 0.29) is 13.2 Å². The third-order valence-corrected chi connectivity index (χ3v) is 3.33. The summed E-state index contributed by atoms with van der Waals surface area (Å²) in [5.41, 5.74) is 1.50. The van der Waals surface area contributed by atoms with Crippen LogP contribution in [-0.4, -0.2) is 17.7 Å². The van der Waals surface area contributed by atoms with Gasteiger partial charge in [0.1, 0.15) is 11.3 Å². The molecule has 7 nitrogen and oxygen atoms in total. The van der Waals surface area contributed by atoms with Crippen molar-refractivity contribution in [3.8, 4) is 5.75 Å². The minimum Gasteiger partial charge on any atom is -0.482 e. The van der Waals surface area contributed by atoms with E-state index in [1.54, 1.807) is 31.2 Å². The SMILES string of the molecule is Cc1cc(COC(=O)COc2ccc3c(C)cc(=O)oc3c2)on1. The van der Waals surface area contributed by atoms with Crippen molar-refractivity contribution in [1.82, 2.24) is 5.16 Å². The molecule has 0 amide bonds. The lowest BCUT2D eigenvalue weighted by Crippen LogP contribution is -2.14. The molecule has 0 aliphatic heterocycles. The number of carbonyl (C=O) groups excluding carboxylic acids is 1. The molecule has 2 aromatic heterocycles. The summed E-state index contributed by atoms with van der Waals surface area (Å²) in [6.45, 7) is 3.32. The molecule has 7 heteroatoms. The first kappa shape index (κ1) is 15.8. The molecule has 0 radical (unpaired) electrons. The van der Waals surface area contributed by atoms with E-state index in [9.17, 15) is 9.59 Å². The van der Waals surface area contributed by atoms with Crippen molar-refractivity contribution in [2.24, 2.45) is 0 Å². The van der Waals surface area contributed by atoms with Gasteiger partial charge in [0.15, 0.2) is 19.0 Å². The number of esters is 1. The molecular formula is C17H15NO6. The molecule has 2 heterocycles. The zero-order valence-electron chi connectivity index (χ0n) is 13.2. The molecule has 0 atom stereocenters. The lowest BCUT2D eigenvalue weighted by atomic mass is 10.1. The molecule has 0 bridgehead atoms. The van der Waals surface area contributed by atoms with Crippen LogP contribution in [-0.2, 0) is 16.1 Å². The molecule has 3 rings (SSSR count). The van der Waals surface area contributed by atoms with Gasteiger partial charge in [0.2, 0.25) is 0 Å². The van der Waals surface area contributed by atoms with Crippen molar-refractivity contribution < 1.29 is 23.2 Å². The van der Waals surface area contributed by atoms with Gasteiger partial charge in [-0.2, -0.15) is 0 Å². The third-order valence-electron chi connectivity index (χ3n) is 3.33. The van der Waals surface area contributed by atoms with E-state index in [2.05, 4.69) is 5.16 Å². The monoisotopic (exact) mass is 329 g/mol. The first-order valence-corrected chi connectivity index (χ1v) is 7.26. The van der Waals surface area contributed by atoms with Gasteiger partial charge in [0.05, 0.1) is 5.69 Å². The minimum absolute atomic E-state index is 0.00514. The second kappa shape index (κ2) is 6.57. The molecular weight excluding hydrogens is 314 g/mol. The fourth-order valence-electron chi connectivity index (χ4n) is 2.21. The minimum atomic E-state index is -0.546. The summed E-state index contributed by atoms with van der Waals surface area (Å²) < 4.78 is 20.4. The summed E-state index contributed by atoms with van der Waals surface area (Å²) in [7, 11) is 0. The Balaban J connectivity index is 1.60. The number of aryl methyl sites for hydroxylation is 2. The topological polar surface area (TPSA) is 91.8 Å². The smallest absolute Gasteiger partial charge is 0.344 e. The number of carbonyl (C=O) groups is 1. The summed E-state index contributed by atoms with van der Waals surface area (Å²) >= 11 is 0. The lowest BCUT2D eigenvalue weighted by molar-refractivity contribution is -0.147. The van der Waals surface area contributed by atoms with Crippen LogP contribution >= 0.6 is 0 Å². The Bertz CT molecular complexity index is 940. The summed E-state index contributed by atoms with van der Waals surface area (Å²) in [6, 6.07) is 8.14. The van der Waals surface area contributed by atoms with Gasteiger partial charge in [0.25, 0.3) is 0 Å². The van der Waals surface area contributed by atoms with Crippen LogP contribution in [0.25, 0.3) is 11.0 Å². The lowest BCUT2D eigenvalue weighted by Gasteiger charge is -2.07. The van der Waals surface area contributed by atoms with Crippen molar-refractivity contribution >= 4 is 16.9 Å². The Morgan fingerprint density at radius 2 is 2.04 bits per heavy atom. The summed E-state index contributed by atoms with van der Waals surface area (Å²) in [6.07, 6.45) is 0. The molecule has 24 heavy (non-hydrogen) atoms. The molecule has 124 valence electrons. The van der Waals surface area contributed by atoms with Crippen LogP contribution in [0.2, 0.25) is 0 Å². The third kappa shape index (κ3) is 3.62. The fraction of sp³-hybridized carbons (Fsp3) is 0.235. The molecule has 0 aliphatic carbocycles. The zero-order chi connectivity index (χ0) is 17.1. The Hall–Kier alpha value is -3.09. The highest BCUT2D eigenvalue weighted by Gasteiger charge is 2.09. The van der Waals surface area contributed by atoms with E-state index in [1.165, 1.54) is 6.07 Å². The van der Waals surface area contributed by atoms with Crippen LogP contribution in [0.4, 0.5) is 0 Å². The quantitative estimate of drug-likeness (QED) is 0.524. The fourth-order valence-corrected chi connectivity index (χ4v) is 2.21. The largest absolute Gasteiger partial charge is 0.482 e. The average Bonchev–Trinajstić information content (AvgIpc) is 2.96. The Kier molecular flexibility index (Phi) is 4.33. The van der Waals surface area contributed by atoms with Crippen LogP contribution in [0.1, 0.15) is 17.0 Å². The summed E-state index contributed by atoms with van der Waals surface area (Å²) in [5.74, 6) is 0.322. The van der Waals surface area contributed by atoms with E-state index in [1.807, 2.05) is 6.92 Å². The maximum absolute atomic E-state index is 11.7. The van der Waals surface area contributed by atoms with E-state index in [4.69, 9.17) is 18.4 Å². The number of ether oxygens (including phenoxy) is 2. The molecule has 0 spiro atoms. The standard InChI is InChI=1S/C17H15NO6/c1-10-5-16(19)23-15-7-12(3-4-14(10)15)21-9-17(20)22-8-13-6-11(2)18-24-13/h3-7H,8-9H2,1-2H3. The highest BCUT2D eigenvalue weighted by Crippen LogP contribution is 2.22. The normalized spacial score (nSPS) is 10.8. The van der Waals surface area contributed by atoms with Crippen molar-refractivity contribution in [1.29, 1.82) is 0 Å². The van der Waals surface area contributed by atoms with Crippen molar-refractivity contribution in [3.05, 3.63) is 57.8 Å². The summed E-state index contributed by atoms with van der Waals surface area (Å²) in [4.78, 5) is 23.1. The van der Waals surface area contributed by atoms with Gasteiger partial charge >= 0.3 is 11.6 Å². The van der Waals surface area contributed by atoms with Crippen LogP contribution in [0.3, 0.4) is 0 Å². The van der Waals surface area contributed by atoms with Crippen molar-refractivity contribution in [2.75, 3.05) is 6.61 Å². The Morgan fingerprint density at radius 1 is 1.21 bits per heavy atom. The number of nitrogens with zero attached hydrogens (tertiary/aromatic N) is 1. The maximum atomic E-state index is 11.7. The van der Waals surface area contributed by atoms with Gasteiger partial charge < -0.3 is 18.4 Å². The molecule has 0 aliphatic rings. The first-order valence-electron chi connectivity index (χ1n) is 7.26. The van der Waals surface area contributed by atoms with Gasteiger partial charge in [-0.15, -0.1) is 0 Å². The molecule has 0 saturated carbocycles. The first-order chi connectivity index (χ1) is 11.5. The Labute approximate surface area is 136 Å². The zero-order valence-corrected chi connectivity index (χ0v) is 13.2. The predicted molar refractivity (Wildman–Crippen MR) is 83.8 cm³/mol. The molecule has 0 N–H and O–H groups in total. The van der Waals surface area contributed by atoms with Gasteiger partial charge in [-0.1, -0.05) is 5.16 Å². The molecule has 3 aromatic rings. The molecule has 1 aromatic carbocycles. The van der Waals surface area contributed by atoms with Gasteiger partial charge in [-0.3, -0.25) is 0 Å². The van der Waals surface area contributed by atoms with Gasteiger partial charge in [-0.25, -0.2) is 9.59 Å². The summed E-state index contributed by atoms with van der Waals surface area (Å²) in [5, 5.41) is 4.51. The van der Waals surface area contributed by atoms with Crippen LogP contribution in [0.15, 0.2) is 44.1 Å². The van der Waals surface area contributed by atoms with Crippen LogP contribution in [0, 0.1) is 13.8 Å². The average molecular weight is 329 g/mol. The second-order valence-corrected chi connectivity index (χ2v) is 5.29. The van der Waals surface area contributed by atoms with Crippen molar-refractivity contribution in [3.63, 3.8) is 0 Å². The van der Waals surface area contributed by atoms with Crippen molar-refractivity contribution in [2.45, 2.75) is 20.5 Å².